The molecule has 0 bridgehead atoms. The molecule has 172 valence electrons. The van der Waals surface area contributed by atoms with Crippen LogP contribution in [0.15, 0.2) is 36.5 Å². The van der Waals surface area contributed by atoms with Gasteiger partial charge in [-0.1, -0.05) is 17.7 Å². The van der Waals surface area contributed by atoms with Gasteiger partial charge in [0, 0.05) is 60.3 Å². The smallest absolute Gasteiger partial charge is 0.251 e. The van der Waals surface area contributed by atoms with Crippen LogP contribution in [0.3, 0.4) is 0 Å². The van der Waals surface area contributed by atoms with Gasteiger partial charge in [0.25, 0.3) is 5.91 Å². The quantitative estimate of drug-likeness (QED) is 0.526. The first-order valence-corrected chi connectivity index (χ1v) is 11.5. The van der Waals surface area contributed by atoms with E-state index in [1.54, 1.807) is 12.1 Å². The van der Waals surface area contributed by atoms with Gasteiger partial charge in [0.1, 0.15) is 17.5 Å². The Labute approximate surface area is 194 Å². The lowest BCUT2D eigenvalue weighted by atomic mass is 9.99. The highest BCUT2D eigenvalue weighted by molar-refractivity contribution is 6.35. The SMILES string of the molecule is O=C(NC1CCN(CC2CC2)CC1)c1ccc2c(Cl)cnc(-c3c(F)cc(F)cc3F)c2c1. The molecule has 5 rings (SSSR count). The molecule has 1 N–H and O–H groups in total. The van der Waals surface area contributed by atoms with Gasteiger partial charge < -0.3 is 10.2 Å². The van der Waals surface area contributed by atoms with Crippen LogP contribution in [0.25, 0.3) is 22.0 Å². The number of amides is 1. The van der Waals surface area contributed by atoms with Crippen molar-refractivity contribution in [3.63, 3.8) is 0 Å². The molecular weight excluding hydrogens is 451 g/mol. The minimum absolute atomic E-state index is 0.0348. The first kappa shape index (κ1) is 22.2. The number of fused-ring (bicyclic) bond motifs is 1. The van der Waals surface area contributed by atoms with Crippen LogP contribution in [0, 0.1) is 23.4 Å². The number of piperidine rings is 1. The standard InChI is InChI=1S/C25H23ClF3N3O/c26-20-12-30-24(23-21(28)10-16(27)11-22(23)29)19-9-15(3-4-18(19)20)25(33)31-17-5-7-32(8-6-17)13-14-1-2-14/h3-4,9-12,14,17H,1-2,5-8,13H2,(H,31,33). The maximum absolute atomic E-state index is 14.5. The molecule has 2 heterocycles. The van der Waals surface area contributed by atoms with E-state index in [2.05, 4.69) is 15.2 Å². The normalized spacial score (nSPS) is 17.5. The molecule has 0 radical (unpaired) electrons. The van der Waals surface area contributed by atoms with Crippen molar-refractivity contribution in [1.82, 2.24) is 15.2 Å². The van der Waals surface area contributed by atoms with Crippen molar-refractivity contribution >= 4 is 28.3 Å². The molecule has 0 atom stereocenters. The third-order valence-electron chi connectivity index (χ3n) is 6.48. The fourth-order valence-electron chi connectivity index (χ4n) is 4.51. The van der Waals surface area contributed by atoms with Crippen LogP contribution in [-0.4, -0.2) is 41.5 Å². The number of halogens is 4. The van der Waals surface area contributed by atoms with E-state index < -0.39 is 23.0 Å². The number of likely N-dealkylation sites (tertiary alicyclic amines) is 1. The van der Waals surface area contributed by atoms with E-state index in [0.29, 0.717) is 28.5 Å². The lowest BCUT2D eigenvalue weighted by molar-refractivity contribution is 0.0910. The third kappa shape index (κ3) is 4.70. The summed E-state index contributed by atoms with van der Waals surface area (Å²) in [6, 6.07) is 6.08. The van der Waals surface area contributed by atoms with Crippen molar-refractivity contribution in [2.24, 2.45) is 5.92 Å². The number of hydrogen-bond acceptors (Lipinski definition) is 3. The van der Waals surface area contributed by atoms with Gasteiger partial charge >= 0.3 is 0 Å². The highest BCUT2D eigenvalue weighted by atomic mass is 35.5. The Balaban J connectivity index is 1.41. The second kappa shape index (κ2) is 8.95. The summed E-state index contributed by atoms with van der Waals surface area (Å²) in [6.07, 6.45) is 5.71. The van der Waals surface area contributed by atoms with Crippen LogP contribution >= 0.6 is 11.6 Å². The summed E-state index contributed by atoms with van der Waals surface area (Å²) in [5, 5.41) is 4.17. The van der Waals surface area contributed by atoms with Gasteiger partial charge in [-0.3, -0.25) is 9.78 Å². The molecule has 0 spiro atoms. The Morgan fingerprint density at radius 3 is 2.39 bits per heavy atom. The van der Waals surface area contributed by atoms with Gasteiger partial charge in [0.05, 0.1) is 16.3 Å². The lowest BCUT2D eigenvalue weighted by Crippen LogP contribution is -2.45. The van der Waals surface area contributed by atoms with Gasteiger partial charge in [-0.2, -0.15) is 0 Å². The van der Waals surface area contributed by atoms with Crippen LogP contribution in [0.4, 0.5) is 13.2 Å². The zero-order chi connectivity index (χ0) is 23.1. The van der Waals surface area contributed by atoms with Crippen LogP contribution in [-0.2, 0) is 0 Å². The van der Waals surface area contributed by atoms with Crippen molar-refractivity contribution in [3.05, 3.63) is 64.6 Å². The molecule has 33 heavy (non-hydrogen) atoms. The molecule has 4 nitrogen and oxygen atoms in total. The third-order valence-corrected chi connectivity index (χ3v) is 6.78. The first-order valence-electron chi connectivity index (χ1n) is 11.2. The maximum Gasteiger partial charge on any atom is 0.251 e. The molecule has 2 aromatic carbocycles. The Morgan fingerprint density at radius 2 is 1.73 bits per heavy atom. The van der Waals surface area contributed by atoms with Gasteiger partial charge in [-0.25, -0.2) is 13.2 Å². The Kier molecular flexibility index (Phi) is 6.01. The highest BCUT2D eigenvalue weighted by Gasteiger charge is 2.28. The largest absolute Gasteiger partial charge is 0.349 e. The Morgan fingerprint density at radius 1 is 1.03 bits per heavy atom. The predicted molar refractivity (Wildman–Crippen MR) is 122 cm³/mol. The second-order valence-electron chi connectivity index (χ2n) is 8.95. The molecule has 1 aliphatic carbocycles. The van der Waals surface area contributed by atoms with E-state index in [-0.39, 0.29) is 22.7 Å². The molecule has 1 aliphatic heterocycles. The second-order valence-corrected chi connectivity index (χ2v) is 9.36. The molecule has 2 fully saturated rings. The van der Waals surface area contributed by atoms with Gasteiger partial charge in [0.15, 0.2) is 0 Å². The molecule has 8 heteroatoms. The average Bonchev–Trinajstić information content (AvgIpc) is 3.60. The monoisotopic (exact) mass is 473 g/mol. The molecular formula is C25H23ClF3N3O. The summed E-state index contributed by atoms with van der Waals surface area (Å²) in [4.78, 5) is 19.5. The average molecular weight is 474 g/mol. The van der Waals surface area contributed by atoms with Crippen molar-refractivity contribution in [2.75, 3.05) is 19.6 Å². The zero-order valence-electron chi connectivity index (χ0n) is 17.9. The summed E-state index contributed by atoms with van der Waals surface area (Å²) in [7, 11) is 0. The maximum atomic E-state index is 14.5. The molecule has 1 saturated heterocycles. The number of hydrogen-bond donors (Lipinski definition) is 1. The number of rotatable bonds is 5. The topological polar surface area (TPSA) is 45.2 Å². The summed E-state index contributed by atoms with van der Waals surface area (Å²) in [5.74, 6) is -2.58. The molecule has 0 unspecified atom stereocenters. The fourth-order valence-corrected chi connectivity index (χ4v) is 4.73. The first-order chi connectivity index (χ1) is 15.9. The van der Waals surface area contributed by atoms with Crippen molar-refractivity contribution in [3.8, 4) is 11.3 Å². The van der Waals surface area contributed by atoms with Gasteiger partial charge in [-0.15, -0.1) is 0 Å². The molecule has 2 aliphatic rings. The van der Waals surface area contributed by atoms with E-state index in [9.17, 15) is 18.0 Å². The van der Waals surface area contributed by atoms with Crippen LogP contribution in [0.1, 0.15) is 36.0 Å². The number of benzene rings is 2. The number of pyridine rings is 1. The fraction of sp³-hybridized carbons (Fsp3) is 0.360. The number of aromatic nitrogens is 1. The predicted octanol–water partition coefficient (Wildman–Crippen LogP) is 5.58. The number of nitrogens with zero attached hydrogens (tertiary/aromatic N) is 2. The molecule has 3 aromatic rings. The van der Waals surface area contributed by atoms with E-state index in [1.165, 1.54) is 25.1 Å². The van der Waals surface area contributed by atoms with Gasteiger partial charge in [-0.05, 0) is 43.7 Å². The lowest BCUT2D eigenvalue weighted by Gasteiger charge is -2.32. The van der Waals surface area contributed by atoms with Crippen LogP contribution in [0.2, 0.25) is 5.02 Å². The van der Waals surface area contributed by atoms with Crippen molar-refractivity contribution in [1.29, 1.82) is 0 Å². The minimum Gasteiger partial charge on any atom is -0.349 e. The summed E-state index contributed by atoms with van der Waals surface area (Å²) in [5.41, 5.74) is -0.151. The van der Waals surface area contributed by atoms with Crippen molar-refractivity contribution in [2.45, 2.75) is 31.7 Å². The number of nitrogens with one attached hydrogen (secondary N) is 1. The Bertz CT molecular complexity index is 1200. The van der Waals surface area contributed by atoms with E-state index >= 15 is 0 Å². The van der Waals surface area contributed by atoms with E-state index in [4.69, 9.17) is 11.6 Å². The number of carbonyl (C=O) groups is 1. The van der Waals surface area contributed by atoms with Crippen molar-refractivity contribution < 1.29 is 18.0 Å². The Hall–Kier alpha value is -2.64. The van der Waals surface area contributed by atoms with Crippen LogP contribution in [0.5, 0.6) is 0 Å². The highest BCUT2D eigenvalue weighted by Crippen LogP contribution is 2.35. The molecule has 1 aromatic heterocycles. The minimum atomic E-state index is -1.07. The summed E-state index contributed by atoms with van der Waals surface area (Å²) >= 11 is 6.25. The van der Waals surface area contributed by atoms with E-state index in [0.717, 1.165) is 38.4 Å². The summed E-state index contributed by atoms with van der Waals surface area (Å²) in [6.45, 7) is 3.08. The van der Waals surface area contributed by atoms with E-state index in [1.807, 2.05) is 0 Å². The molecule has 1 saturated carbocycles. The molecule has 1 amide bonds. The summed E-state index contributed by atoms with van der Waals surface area (Å²) < 4.78 is 42.4. The zero-order valence-corrected chi connectivity index (χ0v) is 18.6. The van der Waals surface area contributed by atoms with Crippen LogP contribution < -0.4 is 5.32 Å². The van der Waals surface area contributed by atoms with Gasteiger partial charge in [0.2, 0.25) is 0 Å². The number of carbonyl (C=O) groups excluding carboxylic acids is 1.